The third-order valence-electron chi connectivity index (χ3n) is 18.1. The second-order valence-corrected chi connectivity index (χ2v) is 22.7. The highest BCUT2D eigenvalue weighted by Gasteiger charge is 2.45. The topological polar surface area (TPSA) is 29.9 Å². The molecule has 1 aromatic heterocycles. The minimum absolute atomic E-state index is 0.145. The molecule has 13 aromatic carbocycles. The minimum Gasteiger partial charge on any atom is -0.458 e. The fraction of sp³-hybridized carbons (Fsp3) is 0. The van der Waals surface area contributed by atoms with E-state index in [0.717, 1.165) is 107 Å². The van der Waals surface area contributed by atoms with E-state index in [1.54, 1.807) is 0 Å². The van der Waals surface area contributed by atoms with Gasteiger partial charge in [0.05, 0.1) is 11.0 Å². The molecule has 0 fully saturated rings. The lowest BCUT2D eigenvalue weighted by atomic mass is 9.33. The van der Waals surface area contributed by atoms with Crippen molar-refractivity contribution >= 4 is 102 Å². The number of hydrogen-bond donors (Lipinski definition) is 0. The molecule has 18 rings (SSSR count). The third-order valence-corrected chi connectivity index (χ3v) is 18.1. The van der Waals surface area contributed by atoms with Crippen molar-refractivity contribution < 1.29 is 9.47 Å². The Balaban J connectivity index is 0.930. The highest BCUT2D eigenvalue weighted by atomic mass is 16.5. The van der Waals surface area contributed by atoms with E-state index < -0.39 is 0 Å². The molecular weight excluding hydrogens is 1030 g/mol. The van der Waals surface area contributed by atoms with Gasteiger partial charge in [-0.25, -0.2) is 0 Å². The first-order chi connectivity index (χ1) is 42.1. The average molecular weight is 1080 g/mol. The SMILES string of the molecule is c1ccc(-c2ccc(N3c4cc5c(cc4B4c6cc(-c7ccccc7)ccc6Oc6cccc3c64)c3cc4c(cc3n5-c3ccccc3)N(c3ccc(-c5ccccc5)cc3)c3cccc5c3B4c3cc(-c4ccccc4)ccc3O5)cc2)cc1. The van der Waals surface area contributed by atoms with Crippen molar-refractivity contribution in [3.05, 3.63) is 297 Å². The zero-order chi connectivity index (χ0) is 55.7. The van der Waals surface area contributed by atoms with Crippen LogP contribution < -0.4 is 52.1 Å². The van der Waals surface area contributed by atoms with Gasteiger partial charge in [-0.05, 0) is 162 Å². The molecule has 7 heteroatoms. The molecule has 4 aliphatic rings. The normalized spacial score (nSPS) is 13.0. The summed E-state index contributed by atoms with van der Waals surface area (Å²) in [6, 6.07) is 109. The molecule has 0 bridgehead atoms. The zero-order valence-electron chi connectivity index (χ0n) is 46.1. The summed E-state index contributed by atoms with van der Waals surface area (Å²) in [6.45, 7) is -0.290. The van der Waals surface area contributed by atoms with E-state index in [1.165, 1.54) is 55.1 Å². The van der Waals surface area contributed by atoms with Gasteiger partial charge >= 0.3 is 0 Å². The molecule has 394 valence electrons. The van der Waals surface area contributed by atoms with Gasteiger partial charge in [-0.2, -0.15) is 0 Å². The Labute approximate surface area is 493 Å². The Hall–Kier alpha value is -11.0. The van der Waals surface area contributed by atoms with Crippen LogP contribution in [-0.4, -0.2) is 18.0 Å². The first kappa shape index (κ1) is 47.6. The predicted molar refractivity (Wildman–Crippen MR) is 354 cm³/mol. The predicted octanol–water partition coefficient (Wildman–Crippen LogP) is 16.3. The quantitative estimate of drug-likeness (QED) is 0.149. The summed E-state index contributed by atoms with van der Waals surface area (Å²) in [7, 11) is 0. The number of benzene rings is 13. The molecule has 0 saturated heterocycles. The standard InChI is InChI=1S/C78H49B2N3O2/c1-6-18-50(19-7-1)54-32-38-59(39-33-54)81-67-28-16-30-75-77(67)79(65-44-56(36-42-73(65)84-75)52-22-10-3-11-23-52)63-46-61-62-47-64-72(49-70(62)83(69(61)48-71(63)81)58-26-14-5-15-27-58)82(60-40-34-55(35-41-60)51-20-8-2-9-21-51)68-29-17-31-76-78(68)80(64)66-45-57(37-43-74(66)85-76)53-24-12-4-13-25-53/h1-49H. The fourth-order valence-electron chi connectivity index (χ4n) is 14.3. The molecule has 5 heterocycles. The van der Waals surface area contributed by atoms with Gasteiger partial charge < -0.3 is 23.8 Å². The Morgan fingerprint density at radius 3 is 0.988 bits per heavy atom. The molecule has 85 heavy (non-hydrogen) atoms. The summed E-state index contributed by atoms with van der Waals surface area (Å²) in [4.78, 5) is 4.96. The van der Waals surface area contributed by atoms with Crippen LogP contribution in [-0.2, 0) is 0 Å². The maximum absolute atomic E-state index is 7.04. The second kappa shape index (κ2) is 18.8. The molecule has 0 amide bonds. The molecule has 0 spiro atoms. The molecule has 5 nitrogen and oxygen atoms in total. The van der Waals surface area contributed by atoms with Crippen LogP contribution in [0.25, 0.3) is 72.0 Å². The molecule has 0 N–H and O–H groups in total. The van der Waals surface area contributed by atoms with Crippen LogP contribution >= 0.6 is 0 Å². The van der Waals surface area contributed by atoms with Crippen LogP contribution in [0.3, 0.4) is 0 Å². The second-order valence-electron chi connectivity index (χ2n) is 22.7. The van der Waals surface area contributed by atoms with Gasteiger partial charge in [-0.1, -0.05) is 212 Å². The van der Waals surface area contributed by atoms with E-state index in [0.29, 0.717) is 0 Å². The number of para-hydroxylation sites is 1. The van der Waals surface area contributed by atoms with Gasteiger partial charge in [-0.15, -0.1) is 0 Å². The smallest absolute Gasteiger partial charge is 0.256 e. The maximum Gasteiger partial charge on any atom is 0.256 e. The minimum atomic E-state index is -0.145. The van der Waals surface area contributed by atoms with Gasteiger partial charge in [0.2, 0.25) is 0 Å². The van der Waals surface area contributed by atoms with Crippen LogP contribution in [0.1, 0.15) is 0 Å². The maximum atomic E-state index is 7.04. The van der Waals surface area contributed by atoms with E-state index in [2.05, 4.69) is 312 Å². The number of aromatic nitrogens is 1. The van der Waals surface area contributed by atoms with Crippen molar-refractivity contribution in [1.29, 1.82) is 0 Å². The van der Waals surface area contributed by atoms with Crippen LogP contribution in [0.4, 0.5) is 34.1 Å². The van der Waals surface area contributed by atoms with Crippen LogP contribution in [0.15, 0.2) is 297 Å². The lowest BCUT2D eigenvalue weighted by molar-refractivity contribution is 0.487. The number of rotatable bonds is 7. The Morgan fingerprint density at radius 2 is 0.588 bits per heavy atom. The molecule has 0 radical (unpaired) electrons. The van der Waals surface area contributed by atoms with Crippen molar-refractivity contribution in [1.82, 2.24) is 4.57 Å². The monoisotopic (exact) mass is 1080 g/mol. The average Bonchev–Trinajstić information content (AvgIpc) is 1.87. The number of ether oxygens (including phenoxy) is 2. The number of fused-ring (bicyclic) bond motifs is 11. The molecule has 0 unspecified atom stereocenters. The van der Waals surface area contributed by atoms with Crippen molar-refractivity contribution in [2.75, 3.05) is 9.80 Å². The highest BCUT2D eigenvalue weighted by Crippen LogP contribution is 2.47. The largest absolute Gasteiger partial charge is 0.458 e. The van der Waals surface area contributed by atoms with Gasteiger partial charge in [0.25, 0.3) is 13.4 Å². The summed E-state index contributed by atoms with van der Waals surface area (Å²) in [6.07, 6.45) is 0. The molecular formula is C78H49B2N3O2. The highest BCUT2D eigenvalue weighted by molar-refractivity contribution is 7.00. The molecule has 14 aromatic rings. The zero-order valence-corrected chi connectivity index (χ0v) is 46.1. The van der Waals surface area contributed by atoms with Crippen molar-refractivity contribution in [3.63, 3.8) is 0 Å². The number of anilines is 6. The van der Waals surface area contributed by atoms with E-state index in [4.69, 9.17) is 9.47 Å². The first-order valence-electron chi connectivity index (χ1n) is 29.3. The van der Waals surface area contributed by atoms with Crippen molar-refractivity contribution in [3.8, 4) is 73.2 Å². The van der Waals surface area contributed by atoms with Gasteiger partial charge in [0.1, 0.15) is 23.0 Å². The van der Waals surface area contributed by atoms with E-state index >= 15 is 0 Å². The summed E-state index contributed by atoms with van der Waals surface area (Å²) >= 11 is 0. The lowest BCUT2D eigenvalue weighted by Crippen LogP contribution is -2.59. The summed E-state index contributed by atoms with van der Waals surface area (Å²) in [5.74, 6) is 3.50. The summed E-state index contributed by atoms with van der Waals surface area (Å²) in [5, 5.41) is 2.35. The lowest BCUT2D eigenvalue weighted by Gasteiger charge is -2.40. The van der Waals surface area contributed by atoms with Gasteiger partial charge in [-0.3, -0.25) is 0 Å². The fourth-order valence-corrected chi connectivity index (χ4v) is 14.3. The Morgan fingerprint density at radius 1 is 0.235 bits per heavy atom. The van der Waals surface area contributed by atoms with E-state index in [1.807, 2.05) is 0 Å². The summed E-state index contributed by atoms with van der Waals surface area (Å²) in [5.41, 5.74) is 26.3. The Bertz CT molecular complexity index is 4700. The Kier molecular flexibility index (Phi) is 10.5. The van der Waals surface area contributed by atoms with Crippen LogP contribution in [0.2, 0.25) is 0 Å². The van der Waals surface area contributed by atoms with E-state index in [9.17, 15) is 0 Å². The molecule has 4 aliphatic heterocycles. The molecule has 0 atom stereocenters. The molecule has 0 aliphatic carbocycles. The first-order valence-corrected chi connectivity index (χ1v) is 29.3. The summed E-state index contributed by atoms with van der Waals surface area (Å²) < 4.78 is 16.6. The van der Waals surface area contributed by atoms with Crippen molar-refractivity contribution in [2.45, 2.75) is 0 Å². The number of nitrogens with zero attached hydrogens (tertiary/aromatic N) is 3. The van der Waals surface area contributed by atoms with E-state index in [-0.39, 0.29) is 13.4 Å². The van der Waals surface area contributed by atoms with Gasteiger partial charge in [0, 0.05) is 50.6 Å². The van der Waals surface area contributed by atoms with Crippen LogP contribution in [0, 0.1) is 0 Å². The number of hydrogen-bond acceptors (Lipinski definition) is 4. The van der Waals surface area contributed by atoms with Gasteiger partial charge in [0.15, 0.2) is 0 Å². The molecule has 0 saturated carbocycles. The third kappa shape index (κ3) is 7.40. The van der Waals surface area contributed by atoms with Crippen molar-refractivity contribution in [2.24, 2.45) is 0 Å². The van der Waals surface area contributed by atoms with Crippen LogP contribution in [0.5, 0.6) is 23.0 Å².